The smallest absolute Gasteiger partial charge is 0.341 e. The van der Waals surface area contributed by atoms with Gasteiger partial charge in [0.2, 0.25) is 0 Å². The number of hydrogen-bond donors (Lipinski definition) is 0. The molecule has 1 atom stereocenters. The lowest BCUT2D eigenvalue weighted by Gasteiger charge is -2.12. The van der Waals surface area contributed by atoms with Crippen molar-refractivity contribution in [2.24, 2.45) is 0 Å². The Hall–Kier alpha value is -2.30. The summed E-state index contributed by atoms with van der Waals surface area (Å²) in [5.74, 6) is -0.910. The van der Waals surface area contributed by atoms with E-state index >= 15 is 0 Å². The topological polar surface area (TPSA) is 61.8 Å². The molecule has 1 heterocycles. The molecule has 0 radical (unpaired) electrons. The molecule has 0 amide bonds. The molecule has 0 spiro atoms. The van der Waals surface area contributed by atoms with Crippen molar-refractivity contribution < 1.29 is 23.8 Å². The number of carbonyl (C=O) groups excluding carboxylic acids is 2. The van der Waals surface area contributed by atoms with Crippen molar-refractivity contribution in [3.63, 3.8) is 0 Å². The first-order chi connectivity index (χ1) is 9.61. The third-order valence-electron chi connectivity index (χ3n) is 2.96. The monoisotopic (exact) mass is 276 g/mol. The van der Waals surface area contributed by atoms with E-state index in [1.54, 1.807) is 13.0 Å². The molecule has 2 aliphatic rings. The Morgan fingerprint density at radius 2 is 2.25 bits per heavy atom. The van der Waals surface area contributed by atoms with E-state index in [0.29, 0.717) is 11.1 Å². The van der Waals surface area contributed by atoms with Crippen molar-refractivity contribution in [3.05, 3.63) is 47.3 Å². The van der Waals surface area contributed by atoms with Crippen molar-refractivity contribution in [2.45, 2.75) is 26.1 Å². The molecule has 1 aliphatic carbocycles. The highest BCUT2D eigenvalue weighted by atomic mass is 16.7. The van der Waals surface area contributed by atoms with E-state index in [4.69, 9.17) is 14.2 Å². The minimum absolute atomic E-state index is 0.303. The van der Waals surface area contributed by atoms with Gasteiger partial charge < -0.3 is 14.2 Å². The highest BCUT2D eigenvalue weighted by Gasteiger charge is 2.23. The zero-order valence-corrected chi connectivity index (χ0v) is 11.4. The third-order valence-corrected chi connectivity index (χ3v) is 2.96. The SMILES string of the molecule is COC(=O)/C(=C/OC1C=C(C)C(=O)O1)C1=CCCC=C1. The van der Waals surface area contributed by atoms with Crippen molar-refractivity contribution in [1.29, 1.82) is 0 Å². The van der Waals surface area contributed by atoms with Gasteiger partial charge in [-0.1, -0.05) is 18.2 Å². The van der Waals surface area contributed by atoms with Gasteiger partial charge in [-0.05, 0) is 25.3 Å². The van der Waals surface area contributed by atoms with Crippen LogP contribution in [-0.2, 0) is 23.8 Å². The van der Waals surface area contributed by atoms with Crippen LogP contribution in [0.15, 0.2) is 47.3 Å². The van der Waals surface area contributed by atoms with E-state index in [2.05, 4.69) is 0 Å². The van der Waals surface area contributed by atoms with Gasteiger partial charge in [0.1, 0.15) is 11.8 Å². The maximum atomic E-state index is 11.8. The van der Waals surface area contributed by atoms with Crippen molar-refractivity contribution >= 4 is 11.9 Å². The number of allylic oxidation sites excluding steroid dienone is 3. The molecule has 0 saturated heterocycles. The second-order valence-electron chi connectivity index (χ2n) is 4.42. The van der Waals surface area contributed by atoms with Crippen molar-refractivity contribution in [3.8, 4) is 0 Å². The fourth-order valence-corrected chi connectivity index (χ4v) is 1.86. The summed E-state index contributed by atoms with van der Waals surface area (Å²) < 4.78 is 15.0. The van der Waals surface area contributed by atoms with Gasteiger partial charge in [0.15, 0.2) is 0 Å². The summed E-state index contributed by atoms with van der Waals surface area (Å²) in [6.45, 7) is 1.64. The number of cyclic esters (lactones) is 1. The van der Waals surface area contributed by atoms with Crippen molar-refractivity contribution in [2.75, 3.05) is 7.11 Å². The maximum Gasteiger partial charge on any atom is 0.341 e. The molecule has 0 aromatic carbocycles. The maximum absolute atomic E-state index is 11.8. The molecule has 0 aromatic heterocycles. The van der Waals surface area contributed by atoms with Crippen LogP contribution in [0.1, 0.15) is 19.8 Å². The van der Waals surface area contributed by atoms with E-state index in [9.17, 15) is 9.59 Å². The average Bonchev–Trinajstić information content (AvgIpc) is 2.78. The molecule has 106 valence electrons. The first-order valence-corrected chi connectivity index (χ1v) is 6.32. The van der Waals surface area contributed by atoms with Gasteiger partial charge in [0, 0.05) is 11.6 Å². The summed E-state index contributed by atoms with van der Waals surface area (Å²) >= 11 is 0. The Balaban J connectivity index is 2.13. The number of methoxy groups -OCH3 is 1. The number of hydrogen-bond acceptors (Lipinski definition) is 5. The standard InChI is InChI=1S/C15H16O5/c1-10-8-13(20-14(10)16)19-9-12(15(17)18-2)11-6-4-3-5-7-11/h4,6-9,13H,3,5H2,1-2H3/b12-9+. The quantitative estimate of drug-likeness (QED) is 0.447. The second-order valence-corrected chi connectivity index (χ2v) is 4.42. The van der Waals surface area contributed by atoms with E-state index in [1.807, 2.05) is 18.2 Å². The van der Waals surface area contributed by atoms with E-state index in [0.717, 1.165) is 18.4 Å². The van der Waals surface area contributed by atoms with Gasteiger partial charge in [0.05, 0.1) is 7.11 Å². The molecule has 0 N–H and O–H groups in total. The van der Waals surface area contributed by atoms with Gasteiger partial charge in [-0.2, -0.15) is 0 Å². The molecule has 5 nitrogen and oxygen atoms in total. The lowest BCUT2D eigenvalue weighted by Crippen LogP contribution is -2.13. The number of ether oxygens (including phenoxy) is 3. The molecule has 0 aromatic rings. The summed E-state index contributed by atoms with van der Waals surface area (Å²) in [5, 5.41) is 0. The fraction of sp³-hybridized carbons (Fsp3) is 0.333. The van der Waals surface area contributed by atoms with E-state index in [-0.39, 0.29) is 0 Å². The summed E-state index contributed by atoms with van der Waals surface area (Å²) in [5.41, 5.74) is 1.53. The van der Waals surface area contributed by atoms with Crippen LogP contribution in [0, 0.1) is 0 Å². The molecule has 0 fully saturated rings. The molecule has 2 rings (SSSR count). The minimum Gasteiger partial charge on any atom is -0.465 e. The molecular weight excluding hydrogens is 260 g/mol. The molecule has 1 unspecified atom stereocenters. The van der Waals surface area contributed by atoms with Gasteiger partial charge in [0.25, 0.3) is 6.29 Å². The Labute approximate surface area is 117 Å². The Kier molecular flexibility index (Phi) is 4.40. The first kappa shape index (κ1) is 14.1. The van der Waals surface area contributed by atoms with Crippen molar-refractivity contribution in [1.82, 2.24) is 0 Å². The Bertz CT molecular complexity index is 536. The lowest BCUT2D eigenvalue weighted by atomic mass is 10.0. The van der Waals surface area contributed by atoms with Gasteiger partial charge >= 0.3 is 11.9 Å². The number of esters is 2. The zero-order chi connectivity index (χ0) is 14.5. The average molecular weight is 276 g/mol. The van der Waals surface area contributed by atoms with Crippen LogP contribution >= 0.6 is 0 Å². The minimum atomic E-state index is -0.796. The van der Waals surface area contributed by atoms with Gasteiger partial charge in [-0.3, -0.25) is 0 Å². The predicted octanol–water partition coefficient (Wildman–Crippen LogP) is 2.17. The molecule has 20 heavy (non-hydrogen) atoms. The summed E-state index contributed by atoms with van der Waals surface area (Å²) in [6.07, 6.45) is 9.60. The Morgan fingerprint density at radius 3 is 2.80 bits per heavy atom. The highest BCUT2D eigenvalue weighted by molar-refractivity contribution is 5.94. The molecule has 0 bridgehead atoms. The lowest BCUT2D eigenvalue weighted by molar-refractivity contribution is -0.152. The normalized spacial score (nSPS) is 22.0. The highest BCUT2D eigenvalue weighted by Crippen LogP contribution is 2.21. The second kappa shape index (κ2) is 6.23. The van der Waals surface area contributed by atoms with E-state index < -0.39 is 18.2 Å². The summed E-state index contributed by atoms with van der Waals surface area (Å²) in [4.78, 5) is 23.0. The molecular formula is C15H16O5. The number of carbonyl (C=O) groups is 2. The van der Waals surface area contributed by atoms with E-state index in [1.165, 1.54) is 13.4 Å². The van der Waals surface area contributed by atoms with Crippen LogP contribution in [0.2, 0.25) is 0 Å². The molecule has 5 heteroatoms. The fourth-order valence-electron chi connectivity index (χ4n) is 1.86. The van der Waals surface area contributed by atoms with Crippen LogP contribution < -0.4 is 0 Å². The van der Waals surface area contributed by atoms with Crippen LogP contribution in [0.5, 0.6) is 0 Å². The van der Waals surface area contributed by atoms with Gasteiger partial charge in [-0.15, -0.1) is 0 Å². The van der Waals surface area contributed by atoms with Crippen LogP contribution in [0.25, 0.3) is 0 Å². The van der Waals surface area contributed by atoms with Crippen LogP contribution in [-0.4, -0.2) is 25.3 Å². The summed E-state index contributed by atoms with van der Waals surface area (Å²) in [7, 11) is 1.31. The largest absolute Gasteiger partial charge is 0.465 e. The molecule has 0 saturated carbocycles. The Morgan fingerprint density at radius 1 is 1.45 bits per heavy atom. The number of rotatable bonds is 4. The molecule has 1 aliphatic heterocycles. The zero-order valence-electron chi connectivity index (χ0n) is 11.4. The third kappa shape index (κ3) is 3.17. The first-order valence-electron chi connectivity index (χ1n) is 6.32. The van der Waals surface area contributed by atoms with Crippen LogP contribution in [0.3, 0.4) is 0 Å². The predicted molar refractivity (Wildman–Crippen MR) is 71.3 cm³/mol. The van der Waals surface area contributed by atoms with Crippen LogP contribution in [0.4, 0.5) is 0 Å². The van der Waals surface area contributed by atoms with Gasteiger partial charge in [-0.25, -0.2) is 9.59 Å². The summed E-state index contributed by atoms with van der Waals surface area (Å²) in [6, 6.07) is 0.